The lowest BCUT2D eigenvalue weighted by molar-refractivity contribution is -0.149. The maximum absolute atomic E-state index is 13.3. The Hall–Kier alpha value is -3.87. The van der Waals surface area contributed by atoms with Crippen molar-refractivity contribution in [1.29, 1.82) is 0 Å². The number of benzene rings is 1. The second kappa shape index (κ2) is 14.2. The molecule has 2 rings (SSSR count). The minimum absolute atomic E-state index is 0.0920. The molecule has 1 aromatic rings. The number of nitrogens with one attached hydrogen (secondary N) is 2. The number of phenolic OH excluding ortho intramolecular Hbond substituents is 1. The van der Waals surface area contributed by atoms with Crippen LogP contribution in [0.1, 0.15) is 45.1 Å². The number of aliphatic carboxylic acids is 1. The zero-order valence-electron chi connectivity index (χ0n) is 21.8. The van der Waals surface area contributed by atoms with Gasteiger partial charge in [0.05, 0.1) is 6.04 Å². The molecule has 0 aromatic heterocycles. The van der Waals surface area contributed by atoms with Crippen LogP contribution in [0.2, 0.25) is 0 Å². The summed E-state index contributed by atoms with van der Waals surface area (Å²) in [5.41, 5.74) is 17.5. The summed E-state index contributed by atoms with van der Waals surface area (Å²) in [5.74, 6) is -3.09. The lowest BCUT2D eigenvalue weighted by Gasteiger charge is -2.30. The predicted octanol–water partition coefficient (Wildman–Crippen LogP) is -0.983. The number of aromatic hydroxyl groups is 1. The molecular formula is C25H39N7O6. The first-order valence-corrected chi connectivity index (χ1v) is 12.6. The molecule has 0 bridgehead atoms. The first-order valence-electron chi connectivity index (χ1n) is 12.6. The Kier molecular flexibility index (Phi) is 11.3. The maximum Gasteiger partial charge on any atom is 0.326 e. The van der Waals surface area contributed by atoms with Crippen LogP contribution in [0, 0.1) is 5.92 Å². The third-order valence-corrected chi connectivity index (χ3v) is 6.36. The van der Waals surface area contributed by atoms with Crippen LogP contribution in [0.15, 0.2) is 29.3 Å². The average molecular weight is 534 g/mol. The fourth-order valence-corrected chi connectivity index (χ4v) is 4.28. The molecule has 38 heavy (non-hydrogen) atoms. The number of carbonyl (C=O) groups excluding carboxylic acids is 3. The Morgan fingerprint density at radius 1 is 1.11 bits per heavy atom. The summed E-state index contributed by atoms with van der Waals surface area (Å²) in [7, 11) is 0. The van der Waals surface area contributed by atoms with Crippen molar-refractivity contribution in [2.75, 3.05) is 13.1 Å². The molecule has 0 spiro atoms. The molecule has 1 aliphatic rings. The normalized spacial score (nSPS) is 17.4. The molecule has 3 amide bonds. The van der Waals surface area contributed by atoms with Gasteiger partial charge in [-0.2, -0.15) is 0 Å². The fourth-order valence-electron chi connectivity index (χ4n) is 4.28. The van der Waals surface area contributed by atoms with Crippen molar-refractivity contribution in [2.45, 2.75) is 70.1 Å². The molecule has 0 aliphatic carbocycles. The van der Waals surface area contributed by atoms with E-state index < -0.39 is 47.9 Å². The van der Waals surface area contributed by atoms with Crippen LogP contribution in [0.4, 0.5) is 0 Å². The molecule has 4 atom stereocenters. The fraction of sp³-hybridized carbons (Fsp3) is 0.560. The maximum atomic E-state index is 13.3. The molecule has 1 fully saturated rings. The number of nitrogens with zero attached hydrogens (tertiary/aromatic N) is 2. The number of likely N-dealkylation sites (tertiary alicyclic amines) is 1. The van der Waals surface area contributed by atoms with Gasteiger partial charge in [0.15, 0.2) is 5.96 Å². The molecule has 13 heteroatoms. The number of amides is 3. The number of nitrogens with two attached hydrogens (primary N) is 3. The molecule has 1 saturated heterocycles. The van der Waals surface area contributed by atoms with Gasteiger partial charge >= 0.3 is 5.97 Å². The molecule has 0 radical (unpaired) electrons. The second-order valence-corrected chi connectivity index (χ2v) is 9.75. The molecule has 10 N–H and O–H groups in total. The summed E-state index contributed by atoms with van der Waals surface area (Å²) < 4.78 is 0. The Morgan fingerprint density at radius 3 is 2.34 bits per heavy atom. The first-order chi connectivity index (χ1) is 17.9. The number of phenols is 1. The molecule has 13 nitrogen and oxygen atoms in total. The second-order valence-electron chi connectivity index (χ2n) is 9.75. The zero-order valence-corrected chi connectivity index (χ0v) is 21.8. The Balaban J connectivity index is 2.12. The van der Waals surface area contributed by atoms with Gasteiger partial charge in [-0.1, -0.05) is 26.0 Å². The van der Waals surface area contributed by atoms with Crippen LogP contribution in [0.5, 0.6) is 5.75 Å². The quantitative estimate of drug-likeness (QED) is 0.0937. The number of guanidine groups is 1. The number of carbonyl (C=O) groups is 4. The topological polar surface area (TPSA) is 226 Å². The van der Waals surface area contributed by atoms with Crippen molar-refractivity contribution in [3.63, 3.8) is 0 Å². The third kappa shape index (κ3) is 8.91. The monoisotopic (exact) mass is 533 g/mol. The van der Waals surface area contributed by atoms with Gasteiger partial charge in [-0.05, 0) is 55.7 Å². The van der Waals surface area contributed by atoms with Gasteiger partial charge in [0.25, 0.3) is 0 Å². The van der Waals surface area contributed by atoms with Gasteiger partial charge in [0, 0.05) is 13.1 Å². The highest BCUT2D eigenvalue weighted by Crippen LogP contribution is 2.20. The highest BCUT2D eigenvalue weighted by molar-refractivity contribution is 5.94. The predicted molar refractivity (Wildman–Crippen MR) is 141 cm³/mol. The average Bonchev–Trinajstić information content (AvgIpc) is 3.35. The number of carboxylic acids is 1. The molecular weight excluding hydrogens is 494 g/mol. The van der Waals surface area contributed by atoms with E-state index in [-0.39, 0.29) is 43.6 Å². The summed E-state index contributed by atoms with van der Waals surface area (Å²) in [5, 5.41) is 24.3. The van der Waals surface area contributed by atoms with E-state index in [1.54, 1.807) is 26.0 Å². The third-order valence-electron chi connectivity index (χ3n) is 6.36. The summed E-state index contributed by atoms with van der Waals surface area (Å²) in [4.78, 5) is 56.2. The van der Waals surface area contributed by atoms with Crippen LogP contribution in [-0.4, -0.2) is 82.0 Å². The van der Waals surface area contributed by atoms with Gasteiger partial charge in [-0.3, -0.25) is 19.4 Å². The van der Waals surface area contributed by atoms with Gasteiger partial charge in [-0.25, -0.2) is 4.79 Å². The Labute approximate surface area is 221 Å². The molecule has 1 aromatic carbocycles. The van der Waals surface area contributed by atoms with Crippen molar-refractivity contribution < 1.29 is 29.4 Å². The number of aliphatic imine (C=N–C) groups is 1. The van der Waals surface area contributed by atoms with Crippen LogP contribution < -0.4 is 27.8 Å². The minimum atomic E-state index is -1.10. The van der Waals surface area contributed by atoms with E-state index in [0.29, 0.717) is 19.3 Å². The first kappa shape index (κ1) is 30.4. The minimum Gasteiger partial charge on any atom is -0.508 e. The molecule has 4 unspecified atom stereocenters. The lowest BCUT2D eigenvalue weighted by Crippen LogP contribution is -2.58. The Morgan fingerprint density at radius 2 is 1.76 bits per heavy atom. The van der Waals surface area contributed by atoms with Gasteiger partial charge in [0.2, 0.25) is 17.7 Å². The van der Waals surface area contributed by atoms with Gasteiger partial charge in [-0.15, -0.1) is 0 Å². The van der Waals surface area contributed by atoms with E-state index in [9.17, 15) is 29.4 Å². The highest BCUT2D eigenvalue weighted by atomic mass is 16.4. The smallest absolute Gasteiger partial charge is 0.326 e. The summed E-state index contributed by atoms with van der Waals surface area (Å²) in [6.07, 6.45) is 1.59. The molecule has 1 heterocycles. The van der Waals surface area contributed by atoms with E-state index in [1.807, 2.05) is 0 Å². The molecule has 0 saturated carbocycles. The van der Waals surface area contributed by atoms with E-state index >= 15 is 0 Å². The molecule has 210 valence electrons. The number of rotatable bonds is 13. The lowest BCUT2D eigenvalue weighted by atomic mass is 10.00. The van der Waals surface area contributed by atoms with Crippen molar-refractivity contribution in [3.8, 4) is 5.75 Å². The summed E-state index contributed by atoms with van der Waals surface area (Å²) >= 11 is 0. The molecule has 1 aliphatic heterocycles. The van der Waals surface area contributed by atoms with Crippen LogP contribution in [0.25, 0.3) is 0 Å². The van der Waals surface area contributed by atoms with Crippen LogP contribution >= 0.6 is 0 Å². The number of hydrogen-bond donors (Lipinski definition) is 7. The van der Waals surface area contributed by atoms with E-state index in [2.05, 4.69) is 15.6 Å². The van der Waals surface area contributed by atoms with Crippen molar-refractivity contribution in [3.05, 3.63) is 29.8 Å². The van der Waals surface area contributed by atoms with Crippen molar-refractivity contribution >= 4 is 29.7 Å². The number of hydrogen-bond acceptors (Lipinski definition) is 7. The highest BCUT2D eigenvalue weighted by Gasteiger charge is 2.38. The van der Waals surface area contributed by atoms with E-state index in [4.69, 9.17) is 17.2 Å². The van der Waals surface area contributed by atoms with Crippen molar-refractivity contribution in [2.24, 2.45) is 28.1 Å². The van der Waals surface area contributed by atoms with E-state index in [1.165, 1.54) is 17.0 Å². The van der Waals surface area contributed by atoms with Gasteiger partial charge in [0.1, 0.15) is 23.9 Å². The van der Waals surface area contributed by atoms with Crippen molar-refractivity contribution in [1.82, 2.24) is 15.5 Å². The zero-order chi connectivity index (χ0) is 28.4. The number of carboxylic acid groups (broad SMARTS) is 1. The summed E-state index contributed by atoms with van der Waals surface area (Å²) in [6, 6.07) is 2.35. The standard InChI is InChI=1S/C25H39N7O6/c1-14(2)20(31-21(34)17(26)13-15-7-9-16(33)10-8-15)22(35)30-18(5-3-11-29-25(27)28)23(36)32-12-4-6-19(32)24(37)38/h7-10,14,17-20,33H,3-6,11-13,26H2,1-2H3,(H,30,35)(H,31,34)(H,37,38)(H4,27,28,29). The van der Waals surface area contributed by atoms with Crippen LogP contribution in [-0.2, 0) is 25.6 Å². The largest absolute Gasteiger partial charge is 0.508 e. The van der Waals surface area contributed by atoms with E-state index in [0.717, 1.165) is 5.56 Å². The Bertz CT molecular complexity index is 1010. The SMILES string of the molecule is CC(C)C(NC(=O)C(N)Cc1ccc(O)cc1)C(=O)NC(CCCN=C(N)N)C(=O)N1CCCC1C(=O)O. The van der Waals surface area contributed by atoms with Crippen LogP contribution in [0.3, 0.4) is 0 Å². The van der Waals surface area contributed by atoms with Gasteiger partial charge < -0.3 is 42.9 Å². The summed E-state index contributed by atoms with van der Waals surface area (Å²) in [6.45, 7) is 3.98.